The van der Waals surface area contributed by atoms with Gasteiger partial charge in [-0.15, -0.1) is 0 Å². The number of aromatic nitrogens is 2. The van der Waals surface area contributed by atoms with E-state index < -0.39 is 0 Å². The lowest BCUT2D eigenvalue weighted by molar-refractivity contribution is 0.102. The number of carbonyl (C=O) groups excluding carboxylic acids is 1. The van der Waals surface area contributed by atoms with Gasteiger partial charge in [0.25, 0.3) is 5.91 Å². The normalized spacial score (nSPS) is 10.2. The van der Waals surface area contributed by atoms with Gasteiger partial charge >= 0.3 is 0 Å². The van der Waals surface area contributed by atoms with E-state index in [2.05, 4.69) is 15.3 Å². The summed E-state index contributed by atoms with van der Waals surface area (Å²) in [6.07, 6.45) is 1.60. The number of hydrogen-bond acceptors (Lipinski definition) is 3. The van der Waals surface area contributed by atoms with Crippen LogP contribution in [0.3, 0.4) is 0 Å². The molecular formula is C15H10N4O. The molecule has 1 heterocycles. The zero-order valence-corrected chi connectivity index (χ0v) is 10.4. The van der Waals surface area contributed by atoms with Crippen molar-refractivity contribution in [2.45, 2.75) is 0 Å². The van der Waals surface area contributed by atoms with Gasteiger partial charge in [-0.1, -0.05) is 6.07 Å². The second-order valence-electron chi connectivity index (χ2n) is 4.28. The number of nitrogens with zero attached hydrogens (tertiary/aromatic N) is 2. The molecule has 20 heavy (non-hydrogen) atoms. The van der Waals surface area contributed by atoms with E-state index in [0.29, 0.717) is 16.8 Å². The van der Waals surface area contributed by atoms with Gasteiger partial charge < -0.3 is 10.3 Å². The number of nitrogens with one attached hydrogen (secondary N) is 2. The first-order chi connectivity index (χ1) is 9.76. The Kier molecular flexibility index (Phi) is 2.90. The van der Waals surface area contributed by atoms with Gasteiger partial charge in [0.05, 0.1) is 29.0 Å². The number of anilines is 1. The zero-order chi connectivity index (χ0) is 13.9. The molecule has 1 aromatic heterocycles. The summed E-state index contributed by atoms with van der Waals surface area (Å²) in [6, 6.07) is 14.0. The van der Waals surface area contributed by atoms with Gasteiger partial charge in [0.2, 0.25) is 0 Å². The maximum absolute atomic E-state index is 12.1. The van der Waals surface area contributed by atoms with E-state index in [1.54, 1.807) is 36.7 Å². The fourth-order valence-electron chi connectivity index (χ4n) is 1.95. The molecule has 0 spiro atoms. The number of amides is 1. The highest BCUT2D eigenvalue weighted by Crippen LogP contribution is 2.16. The number of benzene rings is 2. The van der Waals surface area contributed by atoms with Crippen molar-refractivity contribution in [1.82, 2.24) is 9.97 Å². The Balaban J connectivity index is 1.86. The van der Waals surface area contributed by atoms with Crippen LogP contribution in [0.1, 0.15) is 15.9 Å². The van der Waals surface area contributed by atoms with Crippen molar-refractivity contribution in [3.8, 4) is 6.07 Å². The minimum absolute atomic E-state index is 0.249. The number of H-pyrrole nitrogens is 1. The quantitative estimate of drug-likeness (QED) is 0.745. The van der Waals surface area contributed by atoms with E-state index >= 15 is 0 Å². The Morgan fingerprint density at radius 2 is 2.15 bits per heavy atom. The summed E-state index contributed by atoms with van der Waals surface area (Å²) in [6.45, 7) is 0. The lowest BCUT2D eigenvalue weighted by Crippen LogP contribution is -2.11. The molecule has 3 aromatic rings. The molecule has 2 N–H and O–H groups in total. The zero-order valence-electron chi connectivity index (χ0n) is 10.4. The summed E-state index contributed by atoms with van der Waals surface area (Å²) < 4.78 is 0. The lowest BCUT2D eigenvalue weighted by atomic mass is 10.1. The fraction of sp³-hybridized carbons (Fsp3) is 0. The van der Waals surface area contributed by atoms with Gasteiger partial charge in [0, 0.05) is 11.3 Å². The molecule has 0 aliphatic heterocycles. The molecule has 0 aliphatic carbocycles. The van der Waals surface area contributed by atoms with Gasteiger partial charge in [-0.3, -0.25) is 4.79 Å². The Morgan fingerprint density at radius 3 is 3.00 bits per heavy atom. The molecule has 0 radical (unpaired) electrons. The van der Waals surface area contributed by atoms with Crippen molar-refractivity contribution >= 4 is 22.6 Å². The number of rotatable bonds is 2. The van der Waals surface area contributed by atoms with Crippen molar-refractivity contribution in [2.24, 2.45) is 0 Å². The van der Waals surface area contributed by atoms with Crippen LogP contribution in [0.2, 0.25) is 0 Å². The number of carbonyl (C=O) groups is 1. The van der Waals surface area contributed by atoms with Gasteiger partial charge in [0.1, 0.15) is 0 Å². The second-order valence-corrected chi connectivity index (χ2v) is 4.28. The minimum atomic E-state index is -0.249. The van der Waals surface area contributed by atoms with E-state index in [9.17, 15) is 4.79 Å². The Labute approximate surface area is 114 Å². The highest BCUT2D eigenvalue weighted by Gasteiger charge is 2.07. The predicted molar refractivity (Wildman–Crippen MR) is 75.2 cm³/mol. The first-order valence-electron chi connectivity index (χ1n) is 6.01. The monoisotopic (exact) mass is 262 g/mol. The van der Waals surface area contributed by atoms with E-state index in [1.165, 1.54) is 0 Å². The maximum atomic E-state index is 12.1. The molecule has 0 aliphatic rings. The van der Waals surface area contributed by atoms with Crippen molar-refractivity contribution in [2.75, 3.05) is 5.32 Å². The van der Waals surface area contributed by atoms with Crippen LogP contribution in [-0.2, 0) is 0 Å². The Bertz CT molecular complexity index is 829. The summed E-state index contributed by atoms with van der Waals surface area (Å²) in [4.78, 5) is 19.2. The fourth-order valence-corrected chi connectivity index (χ4v) is 1.95. The third-order valence-corrected chi connectivity index (χ3v) is 2.93. The molecule has 0 unspecified atom stereocenters. The van der Waals surface area contributed by atoms with E-state index in [1.807, 2.05) is 18.2 Å². The van der Waals surface area contributed by atoms with Gasteiger partial charge in [-0.25, -0.2) is 4.98 Å². The number of nitriles is 1. The topological polar surface area (TPSA) is 81.6 Å². The lowest BCUT2D eigenvalue weighted by Gasteiger charge is -2.05. The van der Waals surface area contributed by atoms with Crippen LogP contribution >= 0.6 is 0 Å². The summed E-state index contributed by atoms with van der Waals surface area (Å²) in [5, 5.41) is 11.6. The molecule has 2 aromatic carbocycles. The van der Waals surface area contributed by atoms with Gasteiger partial charge in [-0.05, 0) is 36.4 Å². The molecule has 96 valence electrons. The highest BCUT2D eigenvalue weighted by molar-refractivity contribution is 6.05. The average molecular weight is 262 g/mol. The molecule has 3 rings (SSSR count). The van der Waals surface area contributed by atoms with Crippen molar-refractivity contribution in [3.63, 3.8) is 0 Å². The van der Waals surface area contributed by atoms with E-state index in [4.69, 9.17) is 5.26 Å². The molecule has 0 saturated carbocycles. The van der Waals surface area contributed by atoms with Crippen molar-refractivity contribution in [1.29, 1.82) is 5.26 Å². The van der Waals surface area contributed by atoms with Gasteiger partial charge in [-0.2, -0.15) is 5.26 Å². The number of imidazole rings is 1. The van der Waals surface area contributed by atoms with Crippen LogP contribution in [-0.4, -0.2) is 15.9 Å². The summed E-state index contributed by atoms with van der Waals surface area (Å²) in [5.74, 6) is -0.249. The van der Waals surface area contributed by atoms with E-state index in [0.717, 1.165) is 11.0 Å². The van der Waals surface area contributed by atoms with Crippen LogP contribution in [0.5, 0.6) is 0 Å². The molecule has 0 fully saturated rings. The number of aromatic amines is 1. The average Bonchev–Trinajstić information content (AvgIpc) is 2.95. The number of fused-ring (bicyclic) bond motifs is 1. The summed E-state index contributed by atoms with van der Waals surface area (Å²) >= 11 is 0. The van der Waals surface area contributed by atoms with Gasteiger partial charge in [0.15, 0.2) is 0 Å². The van der Waals surface area contributed by atoms with Crippen molar-refractivity contribution in [3.05, 3.63) is 59.9 Å². The minimum Gasteiger partial charge on any atom is -0.345 e. The first-order valence-corrected chi connectivity index (χ1v) is 6.01. The summed E-state index contributed by atoms with van der Waals surface area (Å²) in [7, 11) is 0. The predicted octanol–water partition coefficient (Wildman–Crippen LogP) is 2.69. The molecular weight excluding hydrogens is 252 g/mol. The van der Waals surface area contributed by atoms with Crippen LogP contribution in [0, 0.1) is 11.3 Å². The molecule has 0 bridgehead atoms. The third-order valence-electron chi connectivity index (χ3n) is 2.93. The Hall–Kier alpha value is -3.13. The molecule has 0 atom stereocenters. The first kappa shape index (κ1) is 11.9. The molecule has 1 amide bonds. The highest BCUT2D eigenvalue weighted by atomic mass is 16.1. The van der Waals surface area contributed by atoms with Crippen LogP contribution in [0.25, 0.3) is 11.0 Å². The second kappa shape index (κ2) is 4.86. The smallest absolute Gasteiger partial charge is 0.255 e. The Morgan fingerprint density at radius 1 is 1.25 bits per heavy atom. The van der Waals surface area contributed by atoms with Crippen LogP contribution < -0.4 is 5.32 Å². The van der Waals surface area contributed by atoms with E-state index in [-0.39, 0.29) is 5.91 Å². The molecule has 5 heteroatoms. The van der Waals surface area contributed by atoms with Crippen LogP contribution in [0.4, 0.5) is 5.69 Å². The largest absolute Gasteiger partial charge is 0.345 e. The van der Waals surface area contributed by atoms with Crippen molar-refractivity contribution < 1.29 is 4.79 Å². The number of hydrogen-bond donors (Lipinski definition) is 2. The maximum Gasteiger partial charge on any atom is 0.255 e. The standard InChI is InChI=1S/C15H10N4O/c16-8-10-2-1-3-11(6-10)15(20)19-12-4-5-13-14(7-12)18-9-17-13/h1-7,9H,(H,17,18)(H,19,20). The third kappa shape index (κ3) is 2.22. The SMILES string of the molecule is N#Cc1cccc(C(=O)Nc2ccc3nc[nH]c3c2)c1. The molecule has 0 saturated heterocycles. The molecule has 5 nitrogen and oxygen atoms in total. The summed E-state index contributed by atoms with van der Waals surface area (Å²) in [5.41, 5.74) is 3.28. The van der Waals surface area contributed by atoms with Crippen LogP contribution in [0.15, 0.2) is 48.8 Å².